The first-order chi connectivity index (χ1) is 7.61. The van der Waals surface area contributed by atoms with Crippen LogP contribution in [0.3, 0.4) is 0 Å². The molecule has 1 aromatic rings. The highest BCUT2D eigenvalue weighted by molar-refractivity contribution is 5.94. The van der Waals surface area contributed by atoms with Crippen LogP contribution in [0.1, 0.15) is 48.7 Å². The van der Waals surface area contributed by atoms with Crippen molar-refractivity contribution in [1.29, 1.82) is 0 Å². The van der Waals surface area contributed by atoms with Crippen LogP contribution in [0, 0.1) is 0 Å². The molecule has 2 nitrogen and oxygen atoms in total. The quantitative estimate of drug-likeness (QED) is 0.725. The molecule has 0 aromatic heterocycles. The van der Waals surface area contributed by atoms with Crippen molar-refractivity contribution in [3.63, 3.8) is 0 Å². The Balaban J connectivity index is 2.21. The molecule has 1 unspecified atom stereocenters. The van der Waals surface area contributed by atoms with Gasteiger partial charge in [-0.2, -0.15) is 0 Å². The van der Waals surface area contributed by atoms with E-state index in [1.54, 1.807) is 6.92 Å². The number of fused-ring (bicyclic) bond motifs is 1. The Bertz CT molecular complexity index is 411. The van der Waals surface area contributed by atoms with E-state index >= 15 is 0 Å². The number of rotatable bonds is 3. The van der Waals surface area contributed by atoms with Crippen molar-refractivity contribution < 1.29 is 4.79 Å². The molecule has 0 spiro atoms. The summed E-state index contributed by atoms with van der Waals surface area (Å²) in [6, 6.07) is 6.73. The Kier molecular flexibility index (Phi) is 3.10. The molecule has 1 heterocycles. The molecule has 2 heteroatoms. The first-order valence-corrected chi connectivity index (χ1v) is 5.98. The van der Waals surface area contributed by atoms with Gasteiger partial charge < -0.3 is 0 Å². The predicted octanol–water partition coefficient (Wildman–Crippen LogP) is 3.00. The maximum atomic E-state index is 11.3. The van der Waals surface area contributed by atoms with E-state index in [-0.39, 0.29) is 5.78 Å². The highest BCUT2D eigenvalue weighted by Crippen LogP contribution is 2.26. The summed E-state index contributed by atoms with van der Waals surface area (Å²) in [5.74, 6) is 0.157. The highest BCUT2D eigenvalue weighted by Gasteiger charge is 2.22. The van der Waals surface area contributed by atoms with Gasteiger partial charge in [-0.1, -0.05) is 19.1 Å². The van der Waals surface area contributed by atoms with Crippen LogP contribution in [-0.4, -0.2) is 16.7 Å². The maximum Gasteiger partial charge on any atom is 0.159 e. The molecule has 86 valence electrons. The van der Waals surface area contributed by atoms with E-state index < -0.39 is 0 Å². The highest BCUT2D eigenvalue weighted by atomic mass is 16.1. The lowest BCUT2D eigenvalue weighted by Crippen LogP contribution is -2.26. The molecule has 1 atom stereocenters. The Morgan fingerprint density at radius 3 is 2.69 bits per heavy atom. The molecule has 1 aliphatic heterocycles. The van der Waals surface area contributed by atoms with Crippen LogP contribution in [0.4, 0.5) is 0 Å². The monoisotopic (exact) mass is 217 g/mol. The van der Waals surface area contributed by atoms with Gasteiger partial charge in [0.25, 0.3) is 0 Å². The summed E-state index contributed by atoms with van der Waals surface area (Å²) in [7, 11) is 0. The summed E-state index contributed by atoms with van der Waals surface area (Å²) in [5, 5.41) is 0. The van der Waals surface area contributed by atoms with Crippen LogP contribution in [-0.2, 0) is 13.1 Å². The van der Waals surface area contributed by atoms with Crippen LogP contribution in [0.15, 0.2) is 18.2 Å². The minimum Gasteiger partial charge on any atom is -0.295 e. The van der Waals surface area contributed by atoms with E-state index in [0.29, 0.717) is 6.04 Å². The van der Waals surface area contributed by atoms with Crippen LogP contribution in [0.25, 0.3) is 0 Å². The van der Waals surface area contributed by atoms with E-state index in [1.807, 2.05) is 6.07 Å². The Morgan fingerprint density at radius 1 is 1.38 bits per heavy atom. The lowest BCUT2D eigenvalue weighted by atomic mass is 10.0. The molecular formula is C14H19NO. The summed E-state index contributed by atoms with van der Waals surface area (Å²) < 4.78 is 0. The van der Waals surface area contributed by atoms with Gasteiger partial charge in [0.05, 0.1) is 0 Å². The summed E-state index contributed by atoms with van der Waals surface area (Å²) in [6.07, 6.45) is 1.17. The molecule has 0 aliphatic carbocycles. The maximum absolute atomic E-state index is 11.3. The van der Waals surface area contributed by atoms with Gasteiger partial charge >= 0.3 is 0 Å². The topological polar surface area (TPSA) is 20.3 Å². The predicted molar refractivity (Wildman–Crippen MR) is 65.4 cm³/mol. The van der Waals surface area contributed by atoms with Crippen LogP contribution >= 0.6 is 0 Å². The van der Waals surface area contributed by atoms with Crippen molar-refractivity contribution in [2.45, 2.75) is 46.3 Å². The van der Waals surface area contributed by atoms with Gasteiger partial charge in [-0.05, 0) is 37.5 Å². The number of hydrogen-bond acceptors (Lipinski definition) is 2. The molecule has 0 bridgehead atoms. The number of benzene rings is 1. The average Bonchev–Trinajstić information content (AvgIpc) is 2.70. The molecule has 0 saturated carbocycles. The first kappa shape index (κ1) is 11.3. The van der Waals surface area contributed by atoms with Crippen LogP contribution < -0.4 is 0 Å². The Morgan fingerprint density at radius 2 is 2.06 bits per heavy atom. The third-order valence-corrected chi connectivity index (χ3v) is 3.57. The third kappa shape index (κ3) is 2.03. The normalized spacial score (nSPS) is 17.2. The molecule has 0 N–H and O–H groups in total. The standard InChI is InChI=1S/C14H19NO/c1-4-10(2)15-8-13-6-5-12(11(3)16)7-14(13)9-15/h5-7,10H,4,8-9H2,1-3H3. The average molecular weight is 217 g/mol. The van der Waals surface area contributed by atoms with Crippen LogP contribution in [0.5, 0.6) is 0 Å². The second kappa shape index (κ2) is 4.38. The number of hydrogen-bond donors (Lipinski definition) is 0. The minimum atomic E-state index is 0.157. The van der Waals surface area contributed by atoms with Gasteiger partial charge in [-0.15, -0.1) is 0 Å². The zero-order valence-electron chi connectivity index (χ0n) is 10.3. The number of nitrogens with zero attached hydrogens (tertiary/aromatic N) is 1. The van der Waals surface area contributed by atoms with Crippen molar-refractivity contribution in [3.8, 4) is 0 Å². The smallest absolute Gasteiger partial charge is 0.159 e. The van der Waals surface area contributed by atoms with Crippen molar-refractivity contribution in [2.75, 3.05) is 0 Å². The number of carbonyl (C=O) groups is 1. The van der Waals surface area contributed by atoms with Crippen LogP contribution in [0.2, 0.25) is 0 Å². The fourth-order valence-electron chi connectivity index (χ4n) is 2.21. The Labute approximate surface area is 97.3 Å². The van der Waals surface area contributed by atoms with Crippen molar-refractivity contribution >= 4 is 5.78 Å². The van der Waals surface area contributed by atoms with E-state index in [0.717, 1.165) is 18.7 Å². The van der Waals surface area contributed by atoms with Gasteiger partial charge in [0.1, 0.15) is 0 Å². The number of Topliss-reactive ketones (excluding diaryl/α,β-unsaturated/α-hetero) is 1. The second-order valence-corrected chi connectivity index (χ2v) is 4.70. The van der Waals surface area contributed by atoms with Gasteiger partial charge in [0, 0.05) is 24.7 Å². The molecule has 1 aromatic carbocycles. The SMILES string of the molecule is CCC(C)N1Cc2ccc(C(C)=O)cc2C1. The van der Waals surface area contributed by atoms with E-state index in [9.17, 15) is 4.79 Å². The third-order valence-electron chi connectivity index (χ3n) is 3.57. The van der Waals surface area contributed by atoms with Crippen molar-refractivity contribution in [2.24, 2.45) is 0 Å². The fraction of sp³-hybridized carbons (Fsp3) is 0.500. The van der Waals surface area contributed by atoms with Crippen molar-refractivity contribution in [3.05, 3.63) is 34.9 Å². The zero-order chi connectivity index (χ0) is 11.7. The molecule has 16 heavy (non-hydrogen) atoms. The van der Waals surface area contributed by atoms with E-state index in [2.05, 4.69) is 30.9 Å². The van der Waals surface area contributed by atoms with Gasteiger partial charge in [-0.25, -0.2) is 0 Å². The summed E-state index contributed by atoms with van der Waals surface area (Å²) in [4.78, 5) is 13.8. The first-order valence-electron chi connectivity index (χ1n) is 5.98. The number of ketones is 1. The fourth-order valence-corrected chi connectivity index (χ4v) is 2.21. The molecule has 0 radical (unpaired) electrons. The molecule has 2 rings (SSSR count). The lowest BCUT2D eigenvalue weighted by Gasteiger charge is -2.21. The molecule has 1 aliphatic rings. The summed E-state index contributed by atoms with van der Waals surface area (Å²) in [5.41, 5.74) is 3.54. The molecular weight excluding hydrogens is 198 g/mol. The summed E-state index contributed by atoms with van der Waals surface area (Å²) >= 11 is 0. The van der Waals surface area contributed by atoms with Gasteiger partial charge in [0.15, 0.2) is 5.78 Å². The second-order valence-electron chi connectivity index (χ2n) is 4.70. The van der Waals surface area contributed by atoms with Gasteiger partial charge in [-0.3, -0.25) is 9.69 Å². The molecule has 0 fully saturated rings. The summed E-state index contributed by atoms with van der Waals surface area (Å²) in [6.45, 7) is 8.13. The van der Waals surface area contributed by atoms with E-state index in [4.69, 9.17) is 0 Å². The van der Waals surface area contributed by atoms with Gasteiger partial charge in [0.2, 0.25) is 0 Å². The zero-order valence-corrected chi connectivity index (χ0v) is 10.3. The minimum absolute atomic E-state index is 0.157. The van der Waals surface area contributed by atoms with Crippen molar-refractivity contribution in [1.82, 2.24) is 4.90 Å². The Hall–Kier alpha value is -1.15. The van der Waals surface area contributed by atoms with E-state index in [1.165, 1.54) is 17.5 Å². The largest absolute Gasteiger partial charge is 0.295 e. The molecule has 0 amide bonds. The molecule has 0 saturated heterocycles. The lowest BCUT2D eigenvalue weighted by molar-refractivity contribution is 0.101. The number of carbonyl (C=O) groups excluding carboxylic acids is 1.